The molecule has 0 amide bonds. The van der Waals surface area contributed by atoms with Gasteiger partial charge < -0.3 is 10.5 Å². The van der Waals surface area contributed by atoms with Gasteiger partial charge in [0.05, 0.1) is 23.4 Å². The summed E-state index contributed by atoms with van der Waals surface area (Å²) in [5, 5.41) is 1.13. The number of ether oxygens (including phenoxy) is 1. The van der Waals surface area contributed by atoms with Crippen molar-refractivity contribution in [2.24, 2.45) is 5.73 Å². The lowest BCUT2D eigenvalue weighted by atomic mass is 10.1. The van der Waals surface area contributed by atoms with E-state index in [2.05, 4.69) is 30.7 Å². The second kappa shape index (κ2) is 6.10. The SMILES string of the molecule is CCN1CCOC(C(N)Cc2nc(C)c(C)s2)C1. The molecule has 2 atom stereocenters. The summed E-state index contributed by atoms with van der Waals surface area (Å²) in [5.41, 5.74) is 7.40. The molecule has 2 rings (SSSR count). The van der Waals surface area contributed by atoms with E-state index < -0.39 is 0 Å². The maximum Gasteiger partial charge on any atom is 0.0947 e. The molecule has 2 unspecified atom stereocenters. The third-order valence-electron chi connectivity index (χ3n) is 3.59. The molecular weight excluding hydrogens is 246 g/mol. The average molecular weight is 269 g/mol. The minimum atomic E-state index is 0.0456. The Bertz CT molecular complexity index is 374. The van der Waals surface area contributed by atoms with Crippen LogP contribution < -0.4 is 5.73 Å². The minimum Gasteiger partial charge on any atom is -0.374 e. The van der Waals surface area contributed by atoms with Gasteiger partial charge in [-0.2, -0.15) is 0 Å². The smallest absolute Gasteiger partial charge is 0.0947 e. The van der Waals surface area contributed by atoms with E-state index in [1.807, 2.05) is 0 Å². The highest BCUT2D eigenvalue weighted by Crippen LogP contribution is 2.19. The molecule has 1 saturated heterocycles. The van der Waals surface area contributed by atoms with Crippen LogP contribution in [0.3, 0.4) is 0 Å². The fourth-order valence-corrected chi connectivity index (χ4v) is 3.24. The van der Waals surface area contributed by atoms with Crippen molar-refractivity contribution in [3.05, 3.63) is 15.6 Å². The summed E-state index contributed by atoms with van der Waals surface area (Å²) in [6, 6.07) is 0.0456. The maximum atomic E-state index is 6.27. The first kappa shape index (κ1) is 13.9. The second-order valence-electron chi connectivity index (χ2n) is 4.92. The van der Waals surface area contributed by atoms with Gasteiger partial charge in [0.2, 0.25) is 0 Å². The quantitative estimate of drug-likeness (QED) is 0.896. The molecule has 0 aliphatic carbocycles. The van der Waals surface area contributed by atoms with Crippen molar-refractivity contribution in [3.8, 4) is 0 Å². The molecule has 5 heteroatoms. The highest BCUT2D eigenvalue weighted by atomic mass is 32.1. The molecule has 0 radical (unpaired) electrons. The number of hydrogen-bond donors (Lipinski definition) is 1. The zero-order chi connectivity index (χ0) is 13.1. The minimum absolute atomic E-state index is 0.0456. The molecule has 0 aromatic carbocycles. The van der Waals surface area contributed by atoms with Crippen LogP contribution in [0.2, 0.25) is 0 Å². The summed E-state index contributed by atoms with van der Waals surface area (Å²) < 4.78 is 5.79. The number of rotatable bonds is 4. The Balaban J connectivity index is 1.92. The first-order valence-electron chi connectivity index (χ1n) is 6.62. The standard InChI is InChI=1S/C13H23N3OS/c1-4-16-5-6-17-12(8-16)11(14)7-13-15-9(2)10(3)18-13/h11-12H,4-8,14H2,1-3H3. The van der Waals surface area contributed by atoms with Crippen LogP contribution in [0.4, 0.5) is 0 Å². The lowest BCUT2D eigenvalue weighted by molar-refractivity contribution is -0.0385. The summed E-state index contributed by atoms with van der Waals surface area (Å²) in [6.45, 7) is 10.2. The van der Waals surface area contributed by atoms with Crippen LogP contribution in [0.15, 0.2) is 0 Å². The van der Waals surface area contributed by atoms with Gasteiger partial charge in [-0.15, -0.1) is 11.3 Å². The fraction of sp³-hybridized carbons (Fsp3) is 0.769. The third kappa shape index (κ3) is 3.29. The molecule has 4 nitrogen and oxygen atoms in total. The van der Waals surface area contributed by atoms with Gasteiger partial charge >= 0.3 is 0 Å². The number of morpholine rings is 1. The summed E-state index contributed by atoms with van der Waals surface area (Å²) in [6.07, 6.45) is 0.963. The fourth-order valence-electron chi connectivity index (χ4n) is 2.24. The molecule has 1 aliphatic rings. The molecule has 0 saturated carbocycles. The second-order valence-corrected chi connectivity index (χ2v) is 6.21. The van der Waals surface area contributed by atoms with Crippen molar-refractivity contribution in [2.45, 2.75) is 39.3 Å². The van der Waals surface area contributed by atoms with Crippen LogP contribution in [0.1, 0.15) is 22.5 Å². The average Bonchev–Trinajstić information content (AvgIpc) is 2.68. The van der Waals surface area contributed by atoms with Crippen molar-refractivity contribution >= 4 is 11.3 Å². The third-order valence-corrected chi connectivity index (χ3v) is 4.68. The van der Waals surface area contributed by atoms with E-state index in [0.29, 0.717) is 0 Å². The molecule has 0 spiro atoms. The molecule has 102 valence electrons. The number of hydrogen-bond acceptors (Lipinski definition) is 5. The van der Waals surface area contributed by atoms with E-state index >= 15 is 0 Å². The van der Waals surface area contributed by atoms with Gasteiger partial charge in [0.1, 0.15) is 0 Å². The monoisotopic (exact) mass is 269 g/mol. The van der Waals surface area contributed by atoms with Crippen LogP contribution in [-0.2, 0) is 11.2 Å². The van der Waals surface area contributed by atoms with Crippen molar-refractivity contribution in [3.63, 3.8) is 0 Å². The molecule has 1 aliphatic heterocycles. The van der Waals surface area contributed by atoms with E-state index in [9.17, 15) is 0 Å². The normalized spacial score (nSPS) is 23.2. The summed E-state index contributed by atoms with van der Waals surface area (Å²) in [4.78, 5) is 8.24. The van der Waals surface area contributed by atoms with E-state index in [1.165, 1.54) is 4.88 Å². The topological polar surface area (TPSA) is 51.4 Å². The predicted molar refractivity (Wildman–Crippen MR) is 75.1 cm³/mol. The molecule has 2 N–H and O–H groups in total. The van der Waals surface area contributed by atoms with E-state index in [4.69, 9.17) is 10.5 Å². The Morgan fingerprint density at radius 3 is 2.94 bits per heavy atom. The van der Waals surface area contributed by atoms with Gasteiger partial charge in [-0.3, -0.25) is 4.90 Å². The van der Waals surface area contributed by atoms with Gasteiger partial charge in [-0.25, -0.2) is 4.98 Å². The zero-order valence-corrected chi connectivity index (χ0v) is 12.3. The number of aromatic nitrogens is 1. The van der Waals surface area contributed by atoms with E-state index in [-0.39, 0.29) is 12.1 Å². The zero-order valence-electron chi connectivity index (χ0n) is 11.5. The van der Waals surface area contributed by atoms with Crippen LogP contribution in [0.5, 0.6) is 0 Å². The molecule has 2 heterocycles. The summed E-state index contributed by atoms with van der Waals surface area (Å²) in [5.74, 6) is 0. The van der Waals surface area contributed by atoms with Gasteiger partial charge in [-0.1, -0.05) is 6.92 Å². The van der Waals surface area contributed by atoms with Gasteiger partial charge in [-0.05, 0) is 20.4 Å². The highest BCUT2D eigenvalue weighted by Gasteiger charge is 2.26. The number of thiazole rings is 1. The van der Waals surface area contributed by atoms with Crippen molar-refractivity contribution in [2.75, 3.05) is 26.2 Å². The molecular formula is C13H23N3OS. The molecule has 0 bridgehead atoms. The summed E-state index contributed by atoms with van der Waals surface area (Å²) in [7, 11) is 0. The highest BCUT2D eigenvalue weighted by molar-refractivity contribution is 7.11. The van der Waals surface area contributed by atoms with Gasteiger partial charge in [0.15, 0.2) is 0 Å². The van der Waals surface area contributed by atoms with E-state index in [1.54, 1.807) is 11.3 Å². The lowest BCUT2D eigenvalue weighted by Gasteiger charge is -2.34. The number of nitrogens with two attached hydrogens (primary N) is 1. The van der Waals surface area contributed by atoms with Gasteiger partial charge in [0.25, 0.3) is 0 Å². The van der Waals surface area contributed by atoms with Crippen LogP contribution in [-0.4, -0.2) is 48.3 Å². The molecule has 1 aromatic rings. The Morgan fingerprint density at radius 2 is 2.33 bits per heavy atom. The number of aryl methyl sites for hydroxylation is 2. The maximum absolute atomic E-state index is 6.27. The predicted octanol–water partition coefficient (Wildman–Crippen LogP) is 1.35. The molecule has 1 fully saturated rings. The lowest BCUT2D eigenvalue weighted by Crippen LogP contribution is -2.51. The van der Waals surface area contributed by atoms with Crippen molar-refractivity contribution in [1.29, 1.82) is 0 Å². The van der Waals surface area contributed by atoms with E-state index in [0.717, 1.165) is 43.4 Å². The molecule has 1 aromatic heterocycles. The van der Waals surface area contributed by atoms with Crippen molar-refractivity contribution < 1.29 is 4.74 Å². The number of nitrogens with zero attached hydrogens (tertiary/aromatic N) is 2. The Labute approximate surface area is 113 Å². The van der Waals surface area contributed by atoms with Crippen LogP contribution >= 0.6 is 11.3 Å². The van der Waals surface area contributed by atoms with Crippen molar-refractivity contribution in [1.82, 2.24) is 9.88 Å². The van der Waals surface area contributed by atoms with Crippen LogP contribution in [0.25, 0.3) is 0 Å². The first-order valence-corrected chi connectivity index (χ1v) is 7.44. The Morgan fingerprint density at radius 1 is 1.56 bits per heavy atom. The van der Waals surface area contributed by atoms with Crippen LogP contribution in [0, 0.1) is 13.8 Å². The number of likely N-dealkylation sites (N-methyl/N-ethyl adjacent to an activating group) is 1. The summed E-state index contributed by atoms with van der Waals surface area (Å²) >= 11 is 1.75. The Hall–Kier alpha value is -0.490. The Kier molecular flexibility index (Phi) is 4.72. The largest absolute Gasteiger partial charge is 0.374 e. The first-order chi connectivity index (χ1) is 8.60. The molecule has 18 heavy (non-hydrogen) atoms. The van der Waals surface area contributed by atoms with Gasteiger partial charge in [0, 0.05) is 30.4 Å².